The fourth-order valence-electron chi connectivity index (χ4n) is 3.12. The summed E-state index contributed by atoms with van der Waals surface area (Å²) in [6.07, 6.45) is 0.917. The van der Waals surface area contributed by atoms with Crippen molar-refractivity contribution in [2.45, 2.75) is 33.7 Å². The zero-order valence-electron chi connectivity index (χ0n) is 16.1. The Bertz CT molecular complexity index is 680. The Morgan fingerprint density at radius 2 is 1.69 bits per heavy atom. The van der Waals surface area contributed by atoms with Crippen molar-refractivity contribution in [1.29, 1.82) is 0 Å². The maximum Gasteiger partial charge on any atom is 0.237 e. The molecule has 0 bridgehead atoms. The third-order valence-corrected chi connectivity index (χ3v) is 6.67. The minimum absolute atomic E-state index is 0.110. The maximum atomic E-state index is 12.8. The van der Waals surface area contributed by atoms with E-state index in [2.05, 4.69) is 43.0 Å². The van der Waals surface area contributed by atoms with Gasteiger partial charge in [0, 0.05) is 39.3 Å². The van der Waals surface area contributed by atoms with Gasteiger partial charge in [0.2, 0.25) is 15.9 Å². The topological polar surface area (TPSA) is 60.9 Å². The van der Waals surface area contributed by atoms with Gasteiger partial charge in [0.05, 0.1) is 12.3 Å². The van der Waals surface area contributed by atoms with Gasteiger partial charge in [-0.1, -0.05) is 36.8 Å². The van der Waals surface area contributed by atoms with E-state index in [0.717, 1.165) is 18.5 Å². The zero-order chi connectivity index (χ0) is 19.2. The van der Waals surface area contributed by atoms with E-state index in [0.29, 0.717) is 39.3 Å². The smallest absolute Gasteiger partial charge is 0.237 e. The number of carbonyl (C=O) groups excluding carboxylic acids is 1. The SMILES string of the molecule is CCCN(Cc1ccc(C)cc1)C(=O)CN1CCN(S(=O)(=O)CC)CC1. The predicted octanol–water partition coefficient (Wildman–Crippen LogP) is 1.70. The highest BCUT2D eigenvalue weighted by atomic mass is 32.2. The molecule has 7 heteroatoms. The third-order valence-electron chi connectivity index (χ3n) is 4.79. The fraction of sp³-hybridized carbons (Fsp3) is 0.632. The van der Waals surface area contributed by atoms with E-state index in [-0.39, 0.29) is 11.7 Å². The largest absolute Gasteiger partial charge is 0.337 e. The lowest BCUT2D eigenvalue weighted by molar-refractivity contribution is -0.133. The maximum absolute atomic E-state index is 12.8. The van der Waals surface area contributed by atoms with Crippen molar-refractivity contribution in [3.63, 3.8) is 0 Å². The van der Waals surface area contributed by atoms with Crippen LogP contribution in [0.5, 0.6) is 0 Å². The highest BCUT2D eigenvalue weighted by Crippen LogP contribution is 2.11. The molecule has 1 saturated heterocycles. The Kier molecular flexibility index (Phi) is 7.61. The van der Waals surface area contributed by atoms with E-state index in [1.807, 2.05) is 4.90 Å². The van der Waals surface area contributed by atoms with E-state index < -0.39 is 10.0 Å². The molecule has 0 radical (unpaired) electrons. The molecule has 0 aliphatic carbocycles. The van der Waals surface area contributed by atoms with Crippen molar-refractivity contribution in [2.75, 3.05) is 45.0 Å². The van der Waals surface area contributed by atoms with Gasteiger partial charge in [0.1, 0.15) is 0 Å². The van der Waals surface area contributed by atoms with E-state index in [4.69, 9.17) is 0 Å². The highest BCUT2D eigenvalue weighted by molar-refractivity contribution is 7.89. The second kappa shape index (κ2) is 9.48. The lowest BCUT2D eigenvalue weighted by atomic mass is 10.1. The molecule has 0 aromatic heterocycles. The van der Waals surface area contributed by atoms with Crippen LogP contribution in [0, 0.1) is 6.92 Å². The molecule has 0 unspecified atom stereocenters. The zero-order valence-corrected chi connectivity index (χ0v) is 17.0. The fourth-order valence-corrected chi connectivity index (χ4v) is 4.20. The quantitative estimate of drug-likeness (QED) is 0.688. The molecular weight excluding hydrogens is 350 g/mol. The van der Waals surface area contributed by atoms with Crippen LogP contribution < -0.4 is 0 Å². The van der Waals surface area contributed by atoms with Gasteiger partial charge in [-0.3, -0.25) is 9.69 Å². The molecule has 0 spiro atoms. The Morgan fingerprint density at radius 3 is 2.23 bits per heavy atom. The number of hydrogen-bond donors (Lipinski definition) is 0. The van der Waals surface area contributed by atoms with Crippen molar-refractivity contribution >= 4 is 15.9 Å². The average molecular weight is 382 g/mol. The molecule has 1 fully saturated rings. The average Bonchev–Trinajstić information content (AvgIpc) is 2.63. The first-order chi connectivity index (χ1) is 12.4. The monoisotopic (exact) mass is 381 g/mol. The summed E-state index contributed by atoms with van der Waals surface area (Å²) in [6, 6.07) is 8.27. The molecule has 1 aliphatic heterocycles. The number of benzene rings is 1. The summed E-state index contributed by atoms with van der Waals surface area (Å²) in [5, 5.41) is 0. The van der Waals surface area contributed by atoms with Crippen LogP contribution in [0.25, 0.3) is 0 Å². The molecule has 26 heavy (non-hydrogen) atoms. The molecule has 146 valence electrons. The predicted molar refractivity (Wildman–Crippen MR) is 104 cm³/mol. The van der Waals surface area contributed by atoms with Crippen LogP contribution >= 0.6 is 0 Å². The van der Waals surface area contributed by atoms with Crippen molar-refractivity contribution in [2.24, 2.45) is 0 Å². The van der Waals surface area contributed by atoms with E-state index in [9.17, 15) is 13.2 Å². The van der Waals surface area contributed by atoms with Crippen LogP contribution in [0.3, 0.4) is 0 Å². The molecule has 0 saturated carbocycles. The van der Waals surface area contributed by atoms with E-state index in [1.54, 1.807) is 6.92 Å². The Labute approximate surface area is 157 Å². The number of nitrogens with zero attached hydrogens (tertiary/aromatic N) is 3. The van der Waals surface area contributed by atoms with E-state index in [1.165, 1.54) is 9.87 Å². The lowest BCUT2D eigenvalue weighted by Gasteiger charge is -2.34. The summed E-state index contributed by atoms with van der Waals surface area (Å²) in [6.45, 7) is 9.65. The number of aryl methyl sites for hydroxylation is 1. The van der Waals surface area contributed by atoms with Crippen molar-refractivity contribution < 1.29 is 13.2 Å². The van der Waals surface area contributed by atoms with Gasteiger partial charge in [-0.25, -0.2) is 8.42 Å². The van der Waals surface area contributed by atoms with Crippen LogP contribution in [-0.2, 0) is 21.4 Å². The number of carbonyl (C=O) groups is 1. The van der Waals surface area contributed by atoms with Gasteiger partial charge in [-0.2, -0.15) is 4.31 Å². The van der Waals surface area contributed by atoms with Gasteiger partial charge < -0.3 is 4.90 Å². The summed E-state index contributed by atoms with van der Waals surface area (Å²) < 4.78 is 25.4. The molecule has 1 aliphatic rings. The number of rotatable bonds is 8. The first-order valence-electron chi connectivity index (χ1n) is 9.39. The first-order valence-corrected chi connectivity index (χ1v) is 11.0. The molecule has 6 nitrogen and oxygen atoms in total. The summed E-state index contributed by atoms with van der Waals surface area (Å²) in [4.78, 5) is 16.7. The van der Waals surface area contributed by atoms with Gasteiger partial charge in [0.15, 0.2) is 0 Å². The molecule has 1 amide bonds. The van der Waals surface area contributed by atoms with Crippen molar-refractivity contribution in [3.05, 3.63) is 35.4 Å². The number of piperazine rings is 1. The van der Waals surface area contributed by atoms with Gasteiger partial charge in [0.25, 0.3) is 0 Å². The summed E-state index contributed by atoms with van der Waals surface area (Å²) >= 11 is 0. The van der Waals surface area contributed by atoms with Gasteiger partial charge >= 0.3 is 0 Å². The van der Waals surface area contributed by atoms with Crippen LogP contribution in [0.4, 0.5) is 0 Å². The lowest BCUT2D eigenvalue weighted by Crippen LogP contribution is -2.51. The molecule has 1 heterocycles. The third kappa shape index (κ3) is 5.79. The van der Waals surface area contributed by atoms with Crippen molar-refractivity contribution in [1.82, 2.24) is 14.1 Å². The van der Waals surface area contributed by atoms with Crippen molar-refractivity contribution in [3.8, 4) is 0 Å². The summed E-state index contributed by atoms with van der Waals surface area (Å²) in [5.74, 6) is 0.242. The van der Waals surface area contributed by atoms with Gasteiger partial charge in [-0.05, 0) is 25.8 Å². The van der Waals surface area contributed by atoms with Crippen LogP contribution in [0.1, 0.15) is 31.4 Å². The van der Waals surface area contributed by atoms with Crippen LogP contribution in [0.2, 0.25) is 0 Å². The second-order valence-corrected chi connectivity index (χ2v) is 9.13. The van der Waals surface area contributed by atoms with Crippen LogP contribution in [-0.4, -0.2) is 73.5 Å². The minimum atomic E-state index is -3.13. The standard InChI is InChI=1S/C19H31N3O3S/c1-4-10-21(15-18-8-6-17(3)7-9-18)19(23)16-20-11-13-22(14-12-20)26(24,25)5-2/h6-9H,4-5,10-16H2,1-3H3. The molecular formula is C19H31N3O3S. The number of amides is 1. The Morgan fingerprint density at radius 1 is 1.08 bits per heavy atom. The van der Waals surface area contributed by atoms with Gasteiger partial charge in [-0.15, -0.1) is 0 Å². The minimum Gasteiger partial charge on any atom is -0.337 e. The first kappa shape index (κ1) is 20.9. The number of sulfonamides is 1. The van der Waals surface area contributed by atoms with Crippen LogP contribution in [0.15, 0.2) is 24.3 Å². The molecule has 2 rings (SSSR count). The number of hydrogen-bond acceptors (Lipinski definition) is 4. The normalized spacial score (nSPS) is 16.6. The molecule has 1 aromatic rings. The Hall–Kier alpha value is -1.44. The Balaban J connectivity index is 1.90. The molecule has 0 atom stereocenters. The summed E-state index contributed by atoms with van der Waals surface area (Å²) in [5.41, 5.74) is 2.35. The van der Waals surface area contributed by atoms with E-state index >= 15 is 0 Å². The molecule has 1 aromatic carbocycles. The second-order valence-electron chi connectivity index (χ2n) is 6.88. The highest BCUT2D eigenvalue weighted by Gasteiger charge is 2.27. The summed E-state index contributed by atoms with van der Waals surface area (Å²) in [7, 11) is -3.13. The molecule has 0 N–H and O–H groups in total.